The number of non-ortho nitro benzene ring substituents is 1. The van der Waals surface area contributed by atoms with Gasteiger partial charge in [-0.05, 0) is 41.5 Å². The van der Waals surface area contributed by atoms with Gasteiger partial charge in [-0.2, -0.15) is 5.26 Å². The van der Waals surface area contributed by atoms with Crippen LogP contribution in [0.25, 0.3) is 11.6 Å². The molecule has 0 radical (unpaired) electrons. The predicted octanol–water partition coefficient (Wildman–Crippen LogP) is 3.44. The molecule has 7 nitrogen and oxygen atoms in total. The van der Waals surface area contributed by atoms with Crippen molar-refractivity contribution in [1.82, 2.24) is 0 Å². The van der Waals surface area contributed by atoms with E-state index < -0.39 is 4.92 Å². The molecule has 126 valence electrons. The minimum absolute atomic E-state index is 0.0259. The van der Waals surface area contributed by atoms with Crippen LogP contribution >= 0.6 is 0 Å². The molecule has 0 amide bonds. The first-order chi connectivity index (χ1) is 12.1. The molecule has 0 spiro atoms. The second-order valence-corrected chi connectivity index (χ2v) is 5.22. The summed E-state index contributed by atoms with van der Waals surface area (Å²) in [7, 11) is 1.53. The molecule has 1 aliphatic rings. The first-order valence-corrected chi connectivity index (χ1v) is 7.46. The number of nitro groups is 1. The zero-order valence-corrected chi connectivity index (χ0v) is 13.4. The normalized spacial score (nSPS) is 13.0. The molecule has 0 atom stereocenters. The van der Waals surface area contributed by atoms with Crippen molar-refractivity contribution in [3.63, 3.8) is 0 Å². The zero-order valence-electron chi connectivity index (χ0n) is 13.4. The van der Waals surface area contributed by atoms with E-state index in [1.165, 1.54) is 19.2 Å². The minimum atomic E-state index is -0.481. The summed E-state index contributed by atoms with van der Waals surface area (Å²) in [5, 5.41) is 20.2. The van der Waals surface area contributed by atoms with Gasteiger partial charge in [0.1, 0.15) is 13.2 Å². The average molecular weight is 338 g/mol. The standard InChI is InChI=1S/C18H14N2O5/c1-23-16-9-12(10-17-18(16)25-7-6-24-17)8-14(11-19)13-2-4-15(5-3-13)20(21)22/h2-5,8-10H,6-7H2,1H3/b14-8-. The lowest BCUT2D eigenvalue weighted by atomic mass is 10.0. The van der Waals surface area contributed by atoms with Crippen LogP contribution in [-0.4, -0.2) is 25.2 Å². The Bertz CT molecular complexity index is 864. The Hall–Kier alpha value is -3.53. The van der Waals surface area contributed by atoms with Gasteiger partial charge in [0.15, 0.2) is 11.5 Å². The highest BCUT2D eigenvalue weighted by molar-refractivity contribution is 5.90. The minimum Gasteiger partial charge on any atom is -0.493 e. The van der Waals surface area contributed by atoms with E-state index in [1.807, 2.05) is 0 Å². The third-order valence-electron chi connectivity index (χ3n) is 3.67. The maximum Gasteiger partial charge on any atom is 0.269 e. The summed E-state index contributed by atoms with van der Waals surface area (Å²) in [5.74, 6) is 1.61. The van der Waals surface area contributed by atoms with E-state index >= 15 is 0 Å². The third kappa shape index (κ3) is 3.38. The van der Waals surface area contributed by atoms with Gasteiger partial charge in [-0.3, -0.25) is 10.1 Å². The Balaban J connectivity index is 2.00. The Morgan fingerprint density at radius 1 is 1.28 bits per heavy atom. The second-order valence-electron chi connectivity index (χ2n) is 5.22. The Morgan fingerprint density at radius 3 is 2.64 bits per heavy atom. The number of hydrogen-bond donors (Lipinski definition) is 0. The molecule has 2 aromatic rings. The fourth-order valence-corrected chi connectivity index (χ4v) is 2.49. The van der Waals surface area contributed by atoms with Gasteiger partial charge in [-0.25, -0.2) is 0 Å². The number of nitriles is 1. The van der Waals surface area contributed by atoms with Gasteiger partial charge in [-0.1, -0.05) is 0 Å². The monoisotopic (exact) mass is 338 g/mol. The van der Waals surface area contributed by atoms with Crippen molar-refractivity contribution in [3.8, 4) is 23.3 Å². The number of nitrogens with zero attached hydrogens (tertiary/aromatic N) is 2. The zero-order chi connectivity index (χ0) is 17.8. The maximum absolute atomic E-state index is 10.7. The molecule has 7 heteroatoms. The summed E-state index contributed by atoms with van der Waals surface area (Å²) in [5.41, 5.74) is 1.63. The smallest absolute Gasteiger partial charge is 0.269 e. The lowest BCUT2D eigenvalue weighted by molar-refractivity contribution is -0.384. The van der Waals surface area contributed by atoms with Crippen LogP contribution < -0.4 is 14.2 Å². The van der Waals surface area contributed by atoms with Crippen LogP contribution in [0, 0.1) is 21.4 Å². The summed E-state index contributed by atoms with van der Waals surface area (Å²) in [6.07, 6.45) is 1.67. The van der Waals surface area contributed by atoms with E-state index in [4.69, 9.17) is 14.2 Å². The molecule has 0 unspecified atom stereocenters. The number of ether oxygens (including phenoxy) is 3. The van der Waals surface area contributed by atoms with Gasteiger partial charge in [-0.15, -0.1) is 0 Å². The Labute approximate surface area is 143 Å². The lowest BCUT2D eigenvalue weighted by Gasteiger charge is -2.21. The van der Waals surface area contributed by atoms with Gasteiger partial charge in [0.25, 0.3) is 5.69 Å². The van der Waals surface area contributed by atoms with Crippen molar-refractivity contribution in [3.05, 3.63) is 57.6 Å². The molecule has 2 aromatic carbocycles. The maximum atomic E-state index is 10.7. The molecule has 0 aromatic heterocycles. The van der Waals surface area contributed by atoms with Crippen molar-refractivity contribution in [1.29, 1.82) is 5.26 Å². The number of benzene rings is 2. The van der Waals surface area contributed by atoms with Crippen LogP contribution in [0.2, 0.25) is 0 Å². The molecule has 0 saturated heterocycles. The van der Waals surface area contributed by atoms with Crippen molar-refractivity contribution in [2.75, 3.05) is 20.3 Å². The number of fused-ring (bicyclic) bond motifs is 1. The summed E-state index contributed by atoms with van der Waals surface area (Å²) < 4.78 is 16.5. The van der Waals surface area contributed by atoms with Crippen molar-refractivity contribution >= 4 is 17.3 Å². The number of rotatable bonds is 4. The van der Waals surface area contributed by atoms with E-state index in [1.54, 1.807) is 30.3 Å². The van der Waals surface area contributed by atoms with Gasteiger partial charge < -0.3 is 14.2 Å². The fourth-order valence-electron chi connectivity index (χ4n) is 2.49. The quantitative estimate of drug-likeness (QED) is 0.367. The number of hydrogen-bond acceptors (Lipinski definition) is 6. The van der Waals surface area contributed by atoms with Crippen LogP contribution in [-0.2, 0) is 0 Å². The van der Waals surface area contributed by atoms with E-state index in [-0.39, 0.29) is 5.69 Å². The number of allylic oxidation sites excluding steroid dienone is 1. The average Bonchev–Trinajstić information content (AvgIpc) is 2.65. The molecular formula is C18H14N2O5. The highest BCUT2D eigenvalue weighted by Crippen LogP contribution is 2.41. The van der Waals surface area contributed by atoms with Crippen LogP contribution in [0.4, 0.5) is 5.69 Å². The van der Waals surface area contributed by atoms with Crippen LogP contribution in [0.3, 0.4) is 0 Å². The fraction of sp³-hybridized carbons (Fsp3) is 0.167. The molecule has 3 rings (SSSR count). The summed E-state index contributed by atoms with van der Waals surface area (Å²) in [4.78, 5) is 10.3. The topological polar surface area (TPSA) is 94.6 Å². The summed E-state index contributed by atoms with van der Waals surface area (Å²) in [6.45, 7) is 0.890. The SMILES string of the molecule is COc1cc(/C=C(/C#N)c2ccc([N+](=O)[O-])cc2)cc2c1OCCO2. The second kappa shape index (κ2) is 6.93. The third-order valence-corrected chi connectivity index (χ3v) is 3.67. The molecule has 0 saturated carbocycles. The molecule has 0 aliphatic carbocycles. The molecular weight excluding hydrogens is 324 g/mol. The van der Waals surface area contributed by atoms with Gasteiger partial charge >= 0.3 is 0 Å². The molecule has 0 bridgehead atoms. The first kappa shape index (κ1) is 16.3. The Kier molecular flexibility index (Phi) is 4.53. The molecule has 0 N–H and O–H groups in total. The van der Waals surface area contributed by atoms with Crippen LogP contribution in [0.15, 0.2) is 36.4 Å². The van der Waals surface area contributed by atoms with Gasteiger partial charge in [0.05, 0.1) is 23.7 Å². The largest absolute Gasteiger partial charge is 0.493 e. The van der Waals surface area contributed by atoms with E-state index in [0.29, 0.717) is 47.2 Å². The van der Waals surface area contributed by atoms with Crippen LogP contribution in [0.5, 0.6) is 17.2 Å². The highest BCUT2D eigenvalue weighted by atomic mass is 16.6. The van der Waals surface area contributed by atoms with E-state index in [9.17, 15) is 15.4 Å². The van der Waals surface area contributed by atoms with Crippen molar-refractivity contribution in [2.24, 2.45) is 0 Å². The molecule has 1 heterocycles. The van der Waals surface area contributed by atoms with Gasteiger partial charge in [0, 0.05) is 12.1 Å². The van der Waals surface area contributed by atoms with Gasteiger partial charge in [0.2, 0.25) is 5.75 Å². The van der Waals surface area contributed by atoms with Crippen molar-refractivity contribution in [2.45, 2.75) is 0 Å². The number of nitro benzene ring substituents is 1. The summed E-state index contributed by atoms with van der Waals surface area (Å²) in [6, 6.07) is 11.4. The van der Waals surface area contributed by atoms with Crippen LogP contribution in [0.1, 0.15) is 11.1 Å². The first-order valence-electron chi connectivity index (χ1n) is 7.46. The summed E-state index contributed by atoms with van der Waals surface area (Å²) >= 11 is 0. The molecule has 0 fully saturated rings. The Morgan fingerprint density at radius 2 is 2.00 bits per heavy atom. The number of methoxy groups -OCH3 is 1. The lowest BCUT2D eigenvalue weighted by Crippen LogP contribution is -2.16. The highest BCUT2D eigenvalue weighted by Gasteiger charge is 2.18. The molecule has 1 aliphatic heterocycles. The predicted molar refractivity (Wildman–Crippen MR) is 90.6 cm³/mol. The van der Waals surface area contributed by atoms with E-state index in [2.05, 4.69) is 6.07 Å². The van der Waals surface area contributed by atoms with Crippen molar-refractivity contribution < 1.29 is 19.1 Å². The molecule has 25 heavy (non-hydrogen) atoms. The van der Waals surface area contributed by atoms with E-state index in [0.717, 1.165) is 0 Å².